The van der Waals surface area contributed by atoms with Gasteiger partial charge in [0.1, 0.15) is 18.2 Å². The Morgan fingerprint density at radius 3 is 2.54 bits per heavy atom. The molecule has 0 bridgehead atoms. The molecule has 0 aliphatic carbocycles. The zero-order valence-electron chi connectivity index (χ0n) is 13.7. The van der Waals surface area contributed by atoms with Crippen molar-refractivity contribution in [2.24, 2.45) is 0 Å². The maximum atomic E-state index is 14.7. The number of ether oxygens (including phenoxy) is 1. The Morgan fingerprint density at radius 2 is 1.69 bits per heavy atom. The minimum Gasteiger partial charge on any atom is -0.488 e. The fraction of sp³-hybridized carbons (Fsp3) is 0.0455. The lowest BCUT2D eigenvalue weighted by Crippen LogP contribution is -2.10. The molecule has 1 aliphatic rings. The number of aromatic nitrogens is 1. The van der Waals surface area contributed by atoms with Crippen LogP contribution in [0.15, 0.2) is 66.7 Å². The van der Waals surface area contributed by atoms with Crippen LogP contribution in [0, 0.1) is 5.82 Å². The number of fused-ring (bicyclic) bond motifs is 4. The van der Waals surface area contributed by atoms with Gasteiger partial charge in [0.05, 0.1) is 11.2 Å². The van der Waals surface area contributed by atoms with Gasteiger partial charge in [0.15, 0.2) is 0 Å². The van der Waals surface area contributed by atoms with E-state index in [2.05, 4.69) is 0 Å². The highest BCUT2D eigenvalue weighted by Gasteiger charge is 2.25. The minimum atomic E-state index is -0.277. The van der Waals surface area contributed by atoms with E-state index in [0.29, 0.717) is 17.2 Å². The quantitative estimate of drug-likeness (QED) is 0.399. The van der Waals surface area contributed by atoms with Crippen molar-refractivity contribution in [1.82, 2.24) is 4.98 Å². The van der Waals surface area contributed by atoms with Crippen molar-refractivity contribution >= 4 is 22.5 Å². The molecule has 26 heavy (non-hydrogen) atoms. The van der Waals surface area contributed by atoms with Gasteiger partial charge in [-0.25, -0.2) is 9.37 Å². The zero-order chi connectivity index (χ0) is 17.7. The third kappa shape index (κ3) is 2.28. The average molecular weight is 362 g/mol. The first-order chi connectivity index (χ1) is 12.7. The number of hydrogen-bond acceptors (Lipinski definition) is 2. The highest BCUT2D eigenvalue weighted by atomic mass is 35.5. The van der Waals surface area contributed by atoms with Crippen LogP contribution in [0.2, 0.25) is 5.02 Å². The van der Waals surface area contributed by atoms with Crippen LogP contribution in [0.4, 0.5) is 4.39 Å². The van der Waals surface area contributed by atoms with Gasteiger partial charge in [-0.05, 0) is 36.4 Å². The highest BCUT2D eigenvalue weighted by Crippen LogP contribution is 2.44. The van der Waals surface area contributed by atoms with Gasteiger partial charge in [-0.1, -0.05) is 41.9 Å². The van der Waals surface area contributed by atoms with Crippen LogP contribution >= 0.6 is 11.6 Å². The second-order valence-electron chi connectivity index (χ2n) is 6.24. The van der Waals surface area contributed by atoms with E-state index in [1.54, 1.807) is 18.2 Å². The van der Waals surface area contributed by atoms with E-state index >= 15 is 0 Å². The van der Waals surface area contributed by atoms with Crippen LogP contribution < -0.4 is 4.74 Å². The van der Waals surface area contributed by atoms with Gasteiger partial charge in [0, 0.05) is 32.7 Å². The number of nitrogens with zero attached hydrogens (tertiary/aromatic N) is 1. The molecule has 126 valence electrons. The molecule has 0 amide bonds. The molecule has 1 aliphatic heterocycles. The molecule has 2 nitrogen and oxygen atoms in total. The second-order valence-corrected chi connectivity index (χ2v) is 6.68. The molecule has 4 aromatic rings. The molecule has 0 fully saturated rings. The van der Waals surface area contributed by atoms with Crippen LogP contribution in [0.3, 0.4) is 0 Å². The molecule has 4 heteroatoms. The lowest BCUT2D eigenvalue weighted by Gasteiger charge is -2.24. The number of para-hydroxylation sites is 1. The molecule has 0 spiro atoms. The topological polar surface area (TPSA) is 22.1 Å². The zero-order valence-corrected chi connectivity index (χ0v) is 14.4. The molecule has 0 atom stereocenters. The Morgan fingerprint density at radius 1 is 0.923 bits per heavy atom. The number of hydrogen-bond donors (Lipinski definition) is 0. The summed E-state index contributed by atoms with van der Waals surface area (Å²) < 4.78 is 20.6. The fourth-order valence-corrected chi connectivity index (χ4v) is 3.72. The van der Waals surface area contributed by atoms with Crippen molar-refractivity contribution in [2.45, 2.75) is 6.61 Å². The lowest BCUT2D eigenvalue weighted by molar-refractivity contribution is 0.302. The number of halogens is 2. The van der Waals surface area contributed by atoms with Crippen LogP contribution in [0.1, 0.15) is 5.56 Å². The van der Waals surface area contributed by atoms with Crippen LogP contribution in [0.5, 0.6) is 5.75 Å². The molecule has 1 aromatic heterocycles. The van der Waals surface area contributed by atoms with Gasteiger partial charge in [-0.3, -0.25) is 0 Å². The van der Waals surface area contributed by atoms with Gasteiger partial charge in [-0.2, -0.15) is 0 Å². The Hall–Kier alpha value is -2.91. The molecule has 0 unspecified atom stereocenters. The molecule has 0 radical (unpaired) electrons. The standard InChI is InChI=1S/C22H13ClFNO/c23-13-9-10-19-16(11-13)21(14-5-1-3-7-18(14)24)17-12-26-20-8-4-2-6-15(20)22(17)25-19/h1-11H,12H2. The van der Waals surface area contributed by atoms with Crippen molar-refractivity contribution in [3.8, 4) is 28.1 Å². The molecule has 0 saturated carbocycles. The molecule has 2 heterocycles. The smallest absolute Gasteiger partial charge is 0.131 e. The Labute approximate surface area is 154 Å². The van der Waals surface area contributed by atoms with E-state index in [0.717, 1.165) is 39.0 Å². The van der Waals surface area contributed by atoms with Gasteiger partial charge in [0.25, 0.3) is 0 Å². The maximum Gasteiger partial charge on any atom is 0.131 e. The summed E-state index contributed by atoms with van der Waals surface area (Å²) in [6.07, 6.45) is 0. The van der Waals surface area contributed by atoms with E-state index in [1.807, 2.05) is 42.5 Å². The van der Waals surface area contributed by atoms with Crippen molar-refractivity contribution < 1.29 is 9.13 Å². The van der Waals surface area contributed by atoms with Crippen LogP contribution in [0.25, 0.3) is 33.3 Å². The summed E-state index contributed by atoms with van der Waals surface area (Å²) in [5, 5.41) is 1.42. The normalized spacial score (nSPS) is 12.4. The third-order valence-corrected chi connectivity index (χ3v) is 4.94. The highest BCUT2D eigenvalue weighted by molar-refractivity contribution is 6.31. The summed E-state index contributed by atoms with van der Waals surface area (Å²) in [5.41, 5.74) is 4.73. The van der Waals surface area contributed by atoms with Crippen LogP contribution in [-0.4, -0.2) is 4.98 Å². The van der Waals surface area contributed by atoms with Gasteiger partial charge in [-0.15, -0.1) is 0 Å². The summed E-state index contributed by atoms with van der Waals surface area (Å²) in [5.74, 6) is 0.515. The van der Waals surface area contributed by atoms with Gasteiger partial charge >= 0.3 is 0 Å². The summed E-state index contributed by atoms with van der Waals surface area (Å²) in [6, 6.07) is 20.1. The first kappa shape index (κ1) is 15.4. The Kier molecular flexibility index (Phi) is 3.44. The third-order valence-electron chi connectivity index (χ3n) is 4.71. The molecule has 0 N–H and O–H groups in total. The van der Waals surface area contributed by atoms with E-state index < -0.39 is 0 Å². The molecular formula is C22H13ClFNO. The van der Waals surface area contributed by atoms with Gasteiger partial charge < -0.3 is 4.74 Å². The summed E-state index contributed by atoms with van der Waals surface area (Å²) in [6.45, 7) is 0.339. The van der Waals surface area contributed by atoms with Crippen molar-refractivity contribution in [3.63, 3.8) is 0 Å². The maximum absolute atomic E-state index is 14.7. The number of rotatable bonds is 1. The Bertz CT molecular complexity index is 1170. The van der Waals surface area contributed by atoms with Crippen LogP contribution in [-0.2, 0) is 6.61 Å². The molecule has 3 aromatic carbocycles. The number of pyridine rings is 1. The lowest BCUT2D eigenvalue weighted by atomic mass is 9.90. The molecule has 0 saturated heterocycles. The number of benzene rings is 3. The average Bonchev–Trinajstić information content (AvgIpc) is 2.67. The summed E-state index contributed by atoms with van der Waals surface area (Å²) in [4.78, 5) is 4.85. The van der Waals surface area contributed by atoms with E-state index in [1.165, 1.54) is 6.07 Å². The predicted molar refractivity (Wildman–Crippen MR) is 102 cm³/mol. The van der Waals surface area contributed by atoms with E-state index in [4.69, 9.17) is 21.3 Å². The van der Waals surface area contributed by atoms with E-state index in [-0.39, 0.29) is 5.82 Å². The van der Waals surface area contributed by atoms with Crippen molar-refractivity contribution in [2.75, 3.05) is 0 Å². The fourth-order valence-electron chi connectivity index (χ4n) is 3.55. The summed E-state index contributed by atoms with van der Waals surface area (Å²) in [7, 11) is 0. The summed E-state index contributed by atoms with van der Waals surface area (Å²) >= 11 is 6.23. The first-order valence-electron chi connectivity index (χ1n) is 8.31. The second kappa shape index (κ2) is 5.82. The largest absolute Gasteiger partial charge is 0.488 e. The van der Waals surface area contributed by atoms with Crippen molar-refractivity contribution in [3.05, 3.63) is 83.1 Å². The molecular weight excluding hydrogens is 349 g/mol. The van der Waals surface area contributed by atoms with E-state index in [9.17, 15) is 4.39 Å². The monoisotopic (exact) mass is 361 g/mol. The Balaban J connectivity index is 1.94. The minimum absolute atomic E-state index is 0.277. The molecule has 5 rings (SSSR count). The van der Waals surface area contributed by atoms with Gasteiger partial charge in [0.2, 0.25) is 0 Å². The van der Waals surface area contributed by atoms with Crippen molar-refractivity contribution in [1.29, 1.82) is 0 Å². The predicted octanol–water partition coefficient (Wildman–Crippen LogP) is 6.25. The first-order valence-corrected chi connectivity index (χ1v) is 8.69. The SMILES string of the molecule is Fc1ccccc1-c1c2c(nc3ccc(Cl)cc13)-c1ccccc1OC2.